The van der Waals surface area contributed by atoms with Gasteiger partial charge in [-0.2, -0.15) is 5.10 Å². The van der Waals surface area contributed by atoms with Crippen LogP contribution in [0.2, 0.25) is 0 Å². The minimum absolute atomic E-state index is 0.114. The third kappa shape index (κ3) is 3.74. The molecule has 0 aliphatic heterocycles. The van der Waals surface area contributed by atoms with Crippen molar-refractivity contribution in [2.75, 3.05) is 6.26 Å². The van der Waals surface area contributed by atoms with Gasteiger partial charge < -0.3 is 0 Å². The maximum atomic E-state index is 12.6. The van der Waals surface area contributed by atoms with Crippen molar-refractivity contribution in [3.8, 4) is 0 Å². The maximum absolute atomic E-state index is 12.6. The van der Waals surface area contributed by atoms with E-state index in [1.165, 1.54) is 0 Å². The molecule has 0 unspecified atom stereocenters. The first-order chi connectivity index (χ1) is 11.8. The van der Waals surface area contributed by atoms with Gasteiger partial charge in [0.15, 0.2) is 5.69 Å². The van der Waals surface area contributed by atoms with E-state index in [4.69, 9.17) is 0 Å². The summed E-state index contributed by atoms with van der Waals surface area (Å²) in [5.74, 6) is -0.875. The van der Waals surface area contributed by atoms with Gasteiger partial charge in [-0.05, 0) is 11.6 Å². The van der Waals surface area contributed by atoms with Crippen molar-refractivity contribution in [3.63, 3.8) is 0 Å². The lowest BCUT2D eigenvalue weighted by molar-refractivity contribution is 0.0976. The van der Waals surface area contributed by atoms with Crippen LogP contribution in [0.25, 0.3) is 10.8 Å². The van der Waals surface area contributed by atoms with Crippen molar-refractivity contribution < 1.29 is 13.2 Å². The molecule has 3 aromatic rings. The molecular formula is C17H15N3O4S. The van der Waals surface area contributed by atoms with E-state index in [0.717, 1.165) is 16.5 Å². The average molecular weight is 357 g/mol. The van der Waals surface area contributed by atoms with Crippen LogP contribution in [0.15, 0.2) is 59.4 Å². The Morgan fingerprint density at radius 3 is 2.28 bits per heavy atom. The van der Waals surface area contributed by atoms with E-state index in [-0.39, 0.29) is 17.8 Å². The number of amides is 1. The van der Waals surface area contributed by atoms with Crippen LogP contribution in [0.4, 0.5) is 0 Å². The van der Waals surface area contributed by atoms with E-state index in [1.807, 2.05) is 35.1 Å². The molecule has 25 heavy (non-hydrogen) atoms. The summed E-state index contributed by atoms with van der Waals surface area (Å²) in [6, 6.07) is 15.7. The predicted octanol–water partition coefficient (Wildman–Crippen LogP) is 1.13. The Bertz CT molecular complexity index is 1110. The molecule has 0 saturated heterocycles. The zero-order valence-corrected chi connectivity index (χ0v) is 14.2. The average Bonchev–Trinajstić information content (AvgIpc) is 2.57. The molecule has 0 spiro atoms. The fraction of sp³-hybridized carbons (Fsp3) is 0.118. The highest BCUT2D eigenvalue weighted by Crippen LogP contribution is 2.14. The highest BCUT2D eigenvalue weighted by atomic mass is 32.2. The first kappa shape index (κ1) is 16.8. The highest BCUT2D eigenvalue weighted by molar-refractivity contribution is 7.89. The summed E-state index contributed by atoms with van der Waals surface area (Å²) in [5, 5.41) is 4.71. The van der Waals surface area contributed by atoms with Crippen molar-refractivity contribution in [1.82, 2.24) is 14.5 Å². The number of sulfonamides is 1. The van der Waals surface area contributed by atoms with Crippen molar-refractivity contribution in [2.24, 2.45) is 0 Å². The first-order valence-electron chi connectivity index (χ1n) is 7.41. The smallest absolute Gasteiger partial charge is 0.267 e. The lowest BCUT2D eigenvalue weighted by Crippen LogP contribution is -2.33. The Morgan fingerprint density at radius 2 is 1.64 bits per heavy atom. The summed E-state index contributed by atoms with van der Waals surface area (Å²) in [5.41, 5.74) is 0.369. The molecule has 1 amide bonds. The van der Waals surface area contributed by atoms with Gasteiger partial charge in [-0.3, -0.25) is 9.59 Å². The molecule has 2 aromatic carbocycles. The summed E-state index contributed by atoms with van der Waals surface area (Å²) in [7, 11) is -3.75. The van der Waals surface area contributed by atoms with Gasteiger partial charge in [0, 0.05) is 5.39 Å². The molecule has 0 atom stereocenters. The minimum atomic E-state index is -3.75. The second-order valence-corrected chi connectivity index (χ2v) is 7.29. The Labute approximate surface area is 144 Å². The van der Waals surface area contributed by atoms with Gasteiger partial charge in [-0.1, -0.05) is 48.5 Å². The number of hydrogen-bond acceptors (Lipinski definition) is 5. The van der Waals surface area contributed by atoms with Gasteiger partial charge in [0.05, 0.1) is 18.2 Å². The van der Waals surface area contributed by atoms with Gasteiger partial charge in [0.1, 0.15) is 0 Å². The summed E-state index contributed by atoms with van der Waals surface area (Å²) in [4.78, 5) is 25.0. The third-order valence-corrected chi connectivity index (χ3v) is 4.09. The largest absolute Gasteiger partial charge is 0.285 e. The number of hydrogen-bond donors (Lipinski definition) is 1. The molecule has 0 bridgehead atoms. The fourth-order valence-electron chi connectivity index (χ4n) is 2.48. The van der Waals surface area contributed by atoms with Crippen molar-refractivity contribution in [2.45, 2.75) is 6.54 Å². The number of nitrogens with zero attached hydrogens (tertiary/aromatic N) is 2. The molecule has 0 radical (unpaired) electrons. The Hall–Kier alpha value is -3.00. The molecule has 8 heteroatoms. The number of aromatic nitrogens is 2. The quantitative estimate of drug-likeness (QED) is 0.755. The van der Waals surface area contributed by atoms with Gasteiger partial charge >= 0.3 is 0 Å². The molecule has 7 nitrogen and oxygen atoms in total. The predicted molar refractivity (Wildman–Crippen MR) is 93.9 cm³/mol. The molecule has 128 valence electrons. The Balaban J connectivity index is 2.17. The van der Waals surface area contributed by atoms with Crippen molar-refractivity contribution >= 4 is 26.7 Å². The summed E-state index contributed by atoms with van der Waals surface area (Å²) >= 11 is 0. The van der Waals surface area contributed by atoms with Crippen LogP contribution in [0.3, 0.4) is 0 Å². The zero-order chi connectivity index (χ0) is 18.0. The van der Waals surface area contributed by atoms with Crippen LogP contribution in [-0.4, -0.2) is 30.4 Å². The zero-order valence-electron chi connectivity index (χ0n) is 13.3. The normalized spacial score (nSPS) is 11.4. The summed E-state index contributed by atoms with van der Waals surface area (Å²) in [6.07, 6.45) is 0.882. The van der Waals surface area contributed by atoms with Crippen LogP contribution >= 0.6 is 0 Å². The molecule has 0 saturated carbocycles. The number of benzene rings is 2. The number of carbonyl (C=O) groups excluding carboxylic acids is 1. The van der Waals surface area contributed by atoms with E-state index in [0.29, 0.717) is 10.8 Å². The lowest BCUT2D eigenvalue weighted by atomic mass is 10.1. The first-order valence-corrected chi connectivity index (χ1v) is 9.30. The molecule has 1 aromatic heterocycles. The molecule has 3 rings (SSSR count). The fourth-order valence-corrected chi connectivity index (χ4v) is 2.92. The Morgan fingerprint density at radius 1 is 1.04 bits per heavy atom. The van der Waals surface area contributed by atoms with Crippen LogP contribution < -0.4 is 10.3 Å². The van der Waals surface area contributed by atoms with Gasteiger partial charge in [0.2, 0.25) is 10.0 Å². The van der Waals surface area contributed by atoms with E-state index in [2.05, 4.69) is 5.10 Å². The van der Waals surface area contributed by atoms with Gasteiger partial charge in [-0.15, -0.1) is 0 Å². The third-order valence-electron chi connectivity index (χ3n) is 3.54. The molecule has 1 N–H and O–H groups in total. The van der Waals surface area contributed by atoms with E-state index in [9.17, 15) is 18.0 Å². The van der Waals surface area contributed by atoms with Crippen LogP contribution in [0.5, 0.6) is 0 Å². The Kier molecular flexibility index (Phi) is 4.37. The number of rotatable bonds is 4. The van der Waals surface area contributed by atoms with Crippen LogP contribution in [0, 0.1) is 0 Å². The molecular weight excluding hydrogens is 342 g/mol. The molecule has 0 aliphatic rings. The monoisotopic (exact) mass is 357 g/mol. The van der Waals surface area contributed by atoms with E-state index >= 15 is 0 Å². The highest BCUT2D eigenvalue weighted by Gasteiger charge is 2.19. The van der Waals surface area contributed by atoms with Crippen molar-refractivity contribution in [3.05, 3.63) is 76.2 Å². The van der Waals surface area contributed by atoms with E-state index in [1.54, 1.807) is 24.3 Å². The number of fused-ring (bicyclic) bond motifs is 1. The summed E-state index contributed by atoms with van der Waals surface area (Å²) < 4.78 is 25.8. The van der Waals surface area contributed by atoms with Crippen molar-refractivity contribution in [1.29, 1.82) is 0 Å². The van der Waals surface area contributed by atoms with Gasteiger partial charge in [0.25, 0.3) is 11.5 Å². The molecule has 0 aliphatic carbocycles. The second-order valence-electron chi connectivity index (χ2n) is 5.55. The molecule has 1 heterocycles. The maximum Gasteiger partial charge on any atom is 0.285 e. The minimum Gasteiger partial charge on any atom is -0.267 e. The van der Waals surface area contributed by atoms with Gasteiger partial charge in [-0.25, -0.2) is 17.8 Å². The topological polar surface area (TPSA) is 98.1 Å². The second kappa shape index (κ2) is 6.48. The molecule has 0 fully saturated rings. The van der Waals surface area contributed by atoms with Crippen LogP contribution in [0.1, 0.15) is 16.1 Å². The SMILES string of the molecule is CS(=O)(=O)NC(=O)c1nn(Cc2ccccc2)c(=O)c2ccccc12. The standard InChI is InChI=1S/C17H15N3O4S/c1-25(23,24)19-16(21)15-13-9-5-6-10-14(13)17(22)20(18-15)11-12-7-3-2-4-8-12/h2-10H,11H2,1H3,(H,19,21). The van der Waals surface area contributed by atoms with Crippen LogP contribution in [-0.2, 0) is 16.6 Å². The summed E-state index contributed by atoms with van der Waals surface area (Å²) in [6.45, 7) is 0.170. The van der Waals surface area contributed by atoms with E-state index < -0.39 is 15.9 Å². The lowest BCUT2D eigenvalue weighted by Gasteiger charge is -2.11. The number of nitrogens with one attached hydrogen (secondary N) is 1. The number of carbonyl (C=O) groups is 1.